The molecule has 1 aliphatic rings. The number of nitrogens with zero attached hydrogens (tertiary/aromatic N) is 2. The van der Waals surface area contributed by atoms with Crippen molar-refractivity contribution in [2.45, 2.75) is 19.8 Å². The molecule has 0 aliphatic carbocycles. The van der Waals surface area contributed by atoms with Gasteiger partial charge in [-0.05, 0) is 31.9 Å². The third-order valence-corrected chi connectivity index (χ3v) is 3.41. The number of rotatable bonds is 2. The summed E-state index contributed by atoms with van der Waals surface area (Å²) in [4.78, 5) is 18.5. The Labute approximate surface area is 112 Å². The molecule has 4 nitrogen and oxygen atoms in total. The maximum atomic E-state index is 12.3. The van der Waals surface area contributed by atoms with E-state index in [1.54, 1.807) is 6.92 Å². The van der Waals surface area contributed by atoms with Crippen LogP contribution in [0.3, 0.4) is 0 Å². The highest BCUT2D eigenvalue weighted by atomic mass is 16.4. The van der Waals surface area contributed by atoms with Crippen molar-refractivity contribution in [2.24, 2.45) is 0 Å². The SMILES string of the molecule is Cc1oc(-c2ccccc2)nc1C(=O)N1CCCC1. The molecule has 0 N–H and O–H groups in total. The van der Waals surface area contributed by atoms with Gasteiger partial charge in [0, 0.05) is 18.7 Å². The predicted molar refractivity (Wildman–Crippen MR) is 71.8 cm³/mol. The number of hydrogen-bond acceptors (Lipinski definition) is 3. The second-order valence-electron chi connectivity index (χ2n) is 4.79. The fourth-order valence-electron chi connectivity index (χ4n) is 2.37. The summed E-state index contributed by atoms with van der Waals surface area (Å²) in [6, 6.07) is 9.65. The number of aryl methyl sites for hydroxylation is 1. The predicted octanol–water partition coefficient (Wildman–Crippen LogP) is 2.89. The number of hydrogen-bond donors (Lipinski definition) is 0. The van der Waals surface area contributed by atoms with Crippen LogP contribution in [0.2, 0.25) is 0 Å². The Kier molecular flexibility index (Phi) is 3.07. The average Bonchev–Trinajstić information content (AvgIpc) is 3.08. The minimum absolute atomic E-state index is 0.0130. The van der Waals surface area contributed by atoms with Gasteiger partial charge in [-0.25, -0.2) is 4.98 Å². The molecule has 1 aromatic carbocycles. The number of benzene rings is 1. The number of likely N-dealkylation sites (tertiary alicyclic amines) is 1. The lowest BCUT2D eigenvalue weighted by molar-refractivity contribution is 0.0786. The van der Waals surface area contributed by atoms with Crippen molar-refractivity contribution in [3.63, 3.8) is 0 Å². The second kappa shape index (κ2) is 4.88. The molecule has 1 fully saturated rings. The number of oxazole rings is 1. The summed E-state index contributed by atoms with van der Waals surface area (Å²) in [5.41, 5.74) is 1.34. The summed E-state index contributed by atoms with van der Waals surface area (Å²) in [6.07, 6.45) is 2.16. The summed E-state index contributed by atoms with van der Waals surface area (Å²) < 4.78 is 5.62. The zero-order chi connectivity index (χ0) is 13.2. The van der Waals surface area contributed by atoms with Crippen LogP contribution in [0.25, 0.3) is 11.5 Å². The molecule has 4 heteroatoms. The molecule has 0 spiro atoms. The van der Waals surface area contributed by atoms with Crippen LogP contribution in [0.5, 0.6) is 0 Å². The van der Waals surface area contributed by atoms with Crippen LogP contribution in [-0.2, 0) is 0 Å². The fraction of sp³-hybridized carbons (Fsp3) is 0.333. The molecule has 0 bridgehead atoms. The summed E-state index contributed by atoms with van der Waals surface area (Å²) in [5.74, 6) is 1.09. The highest BCUT2D eigenvalue weighted by molar-refractivity contribution is 5.93. The van der Waals surface area contributed by atoms with E-state index < -0.39 is 0 Å². The quantitative estimate of drug-likeness (QED) is 0.830. The van der Waals surface area contributed by atoms with Crippen molar-refractivity contribution in [3.8, 4) is 11.5 Å². The van der Waals surface area contributed by atoms with Gasteiger partial charge in [0.15, 0.2) is 5.69 Å². The zero-order valence-corrected chi connectivity index (χ0v) is 10.9. The first-order chi connectivity index (χ1) is 9.25. The zero-order valence-electron chi connectivity index (χ0n) is 10.9. The van der Waals surface area contributed by atoms with E-state index >= 15 is 0 Å². The molecule has 2 heterocycles. The van der Waals surface area contributed by atoms with E-state index in [-0.39, 0.29) is 5.91 Å². The largest absolute Gasteiger partial charge is 0.441 e. The molecule has 0 saturated carbocycles. The van der Waals surface area contributed by atoms with E-state index in [4.69, 9.17) is 4.42 Å². The first-order valence-corrected chi connectivity index (χ1v) is 6.58. The van der Waals surface area contributed by atoms with Gasteiger partial charge in [0.1, 0.15) is 5.76 Å². The summed E-state index contributed by atoms with van der Waals surface area (Å²) in [5, 5.41) is 0. The average molecular weight is 256 g/mol. The van der Waals surface area contributed by atoms with Crippen LogP contribution in [0.4, 0.5) is 0 Å². The number of carbonyl (C=O) groups is 1. The van der Waals surface area contributed by atoms with Crippen LogP contribution in [0, 0.1) is 6.92 Å². The second-order valence-corrected chi connectivity index (χ2v) is 4.79. The summed E-state index contributed by atoms with van der Waals surface area (Å²) in [6.45, 7) is 3.44. The maximum absolute atomic E-state index is 12.3. The molecule has 1 aromatic heterocycles. The van der Waals surface area contributed by atoms with E-state index in [1.165, 1.54) is 0 Å². The number of amides is 1. The molecule has 0 unspecified atom stereocenters. The van der Waals surface area contributed by atoms with Crippen molar-refractivity contribution < 1.29 is 9.21 Å². The van der Waals surface area contributed by atoms with Gasteiger partial charge < -0.3 is 9.32 Å². The number of aromatic nitrogens is 1. The Hall–Kier alpha value is -2.10. The van der Waals surface area contributed by atoms with Crippen LogP contribution in [-0.4, -0.2) is 28.9 Å². The van der Waals surface area contributed by atoms with Crippen LogP contribution in [0.15, 0.2) is 34.7 Å². The van der Waals surface area contributed by atoms with E-state index in [0.717, 1.165) is 31.5 Å². The highest BCUT2D eigenvalue weighted by Crippen LogP contribution is 2.23. The first kappa shape index (κ1) is 12.0. The highest BCUT2D eigenvalue weighted by Gasteiger charge is 2.25. The maximum Gasteiger partial charge on any atom is 0.276 e. The topological polar surface area (TPSA) is 46.3 Å². The van der Waals surface area contributed by atoms with Gasteiger partial charge in [-0.2, -0.15) is 0 Å². The molecule has 1 amide bonds. The van der Waals surface area contributed by atoms with Gasteiger partial charge in [-0.15, -0.1) is 0 Å². The minimum Gasteiger partial charge on any atom is -0.441 e. The molecule has 0 atom stereocenters. The minimum atomic E-state index is -0.0130. The van der Waals surface area contributed by atoms with Gasteiger partial charge in [0.2, 0.25) is 5.89 Å². The fourth-order valence-corrected chi connectivity index (χ4v) is 2.37. The molecule has 2 aromatic rings. The molecular weight excluding hydrogens is 240 g/mol. The Balaban J connectivity index is 1.91. The summed E-state index contributed by atoms with van der Waals surface area (Å²) in [7, 11) is 0. The Bertz CT molecular complexity index is 583. The van der Waals surface area contributed by atoms with Crippen molar-refractivity contribution in [1.29, 1.82) is 0 Å². The monoisotopic (exact) mass is 256 g/mol. The molecule has 0 radical (unpaired) electrons. The lowest BCUT2D eigenvalue weighted by Crippen LogP contribution is -2.28. The lowest BCUT2D eigenvalue weighted by atomic mass is 10.2. The third kappa shape index (κ3) is 2.26. The van der Waals surface area contributed by atoms with E-state index in [0.29, 0.717) is 17.3 Å². The standard InChI is InChI=1S/C15H16N2O2/c1-11-13(15(18)17-9-5-6-10-17)16-14(19-11)12-7-3-2-4-8-12/h2-4,7-8H,5-6,9-10H2,1H3. The molecule has 1 saturated heterocycles. The van der Waals surface area contributed by atoms with Gasteiger partial charge in [-0.3, -0.25) is 4.79 Å². The van der Waals surface area contributed by atoms with Crippen molar-refractivity contribution in [2.75, 3.05) is 13.1 Å². The van der Waals surface area contributed by atoms with Gasteiger partial charge in [0.25, 0.3) is 5.91 Å². The van der Waals surface area contributed by atoms with Gasteiger partial charge in [0.05, 0.1) is 0 Å². The molecular formula is C15H16N2O2. The Morgan fingerprint density at radius 2 is 1.89 bits per heavy atom. The lowest BCUT2D eigenvalue weighted by Gasteiger charge is -2.12. The van der Waals surface area contributed by atoms with Crippen LogP contribution in [0.1, 0.15) is 29.1 Å². The molecule has 98 valence electrons. The Morgan fingerprint density at radius 3 is 2.58 bits per heavy atom. The third-order valence-electron chi connectivity index (χ3n) is 3.41. The van der Waals surface area contributed by atoms with Gasteiger partial charge >= 0.3 is 0 Å². The van der Waals surface area contributed by atoms with Gasteiger partial charge in [-0.1, -0.05) is 18.2 Å². The van der Waals surface area contributed by atoms with E-state index in [2.05, 4.69) is 4.98 Å². The van der Waals surface area contributed by atoms with E-state index in [9.17, 15) is 4.79 Å². The van der Waals surface area contributed by atoms with E-state index in [1.807, 2.05) is 35.2 Å². The number of carbonyl (C=O) groups excluding carboxylic acids is 1. The van der Waals surface area contributed by atoms with Crippen molar-refractivity contribution >= 4 is 5.91 Å². The van der Waals surface area contributed by atoms with Crippen LogP contribution < -0.4 is 0 Å². The van der Waals surface area contributed by atoms with Crippen molar-refractivity contribution in [1.82, 2.24) is 9.88 Å². The first-order valence-electron chi connectivity index (χ1n) is 6.58. The normalized spacial score (nSPS) is 14.9. The summed E-state index contributed by atoms with van der Waals surface area (Å²) >= 11 is 0. The molecule has 3 rings (SSSR count). The molecule has 1 aliphatic heterocycles. The Morgan fingerprint density at radius 1 is 1.21 bits per heavy atom. The smallest absolute Gasteiger partial charge is 0.276 e. The molecule has 19 heavy (non-hydrogen) atoms. The van der Waals surface area contributed by atoms with Crippen LogP contribution >= 0.6 is 0 Å². The van der Waals surface area contributed by atoms with Crippen molar-refractivity contribution in [3.05, 3.63) is 41.8 Å².